The lowest BCUT2D eigenvalue weighted by molar-refractivity contribution is -0.0498. The van der Waals surface area contributed by atoms with Crippen molar-refractivity contribution in [1.82, 2.24) is 9.78 Å². The topological polar surface area (TPSA) is 56.2 Å². The third-order valence-corrected chi connectivity index (χ3v) is 4.31. The summed E-state index contributed by atoms with van der Waals surface area (Å²) in [6.45, 7) is -2.58. The molecular formula is C18H13Cl2F2N3O2. The van der Waals surface area contributed by atoms with Crippen molar-refractivity contribution in [3.05, 3.63) is 75.9 Å². The van der Waals surface area contributed by atoms with Gasteiger partial charge in [0.2, 0.25) is 0 Å². The van der Waals surface area contributed by atoms with Gasteiger partial charge in [-0.2, -0.15) is 13.9 Å². The monoisotopic (exact) mass is 411 g/mol. The molecule has 140 valence electrons. The highest BCUT2D eigenvalue weighted by molar-refractivity contribution is 6.35. The summed E-state index contributed by atoms with van der Waals surface area (Å²) in [4.78, 5) is 12.2. The van der Waals surface area contributed by atoms with Gasteiger partial charge in [-0.15, -0.1) is 0 Å². The van der Waals surface area contributed by atoms with Gasteiger partial charge in [-0.1, -0.05) is 29.3 Å². The van der Waals surface area contributed by atoms with E-state index < -0.39 is 12.5 Å². The zero-order valence-electron chi connectivity index (χ0n) is 13.7. The Morgan fingerprint density at radius 1 is 1.11 bits per heavy atom. The van der Waals surface area contributed by atoms with E-state index in [-0.39, 0.29) is 11.3 Å². The van der Waals surface area contributed by atoms with Gasteiger partial charge in [0.25, 0.3) is 5.91 Å². The van der Waals surface area contributed by atoms with E-state index in [1.165, 1.54) is 24.3 Å². The van der Waals surface area contributed by atoms with Crippen molar-refractivity contribution < 1.29 is 18.3 Å². The van der Waals surface area contributed by atoms with Gasteiger partial charge in [-0.05, 0) is 36.4 Å². The Balaban J connectivity index is 1.66. The molecule has 0 aliphatic carbocycles. The molecule has 0 bridgehead atoms. The van der Waals surface area contributed by atoms with Gasteiger partial charge in [-0.25, -0.2) is 0 Å². The first-order valence-electron chi connectivity index (χ1n) is 7.75. The quantitative estimate of drug-likeness (QED) is 0.614. The van der Waals surface area contributed by atoms with Gasteiger partial charge < -0.3 is 10.1 Å². The Bertz CT molecular complexity index is 926. The van der Waals surface area contributed by atoms with Crippen LogP contribution in [0, 0.1) is 0 Å². The zero-order chi connectivity index (χ0) is 19.4. The molecule has 3 aromatic rings. The molecule has 0 aliphatic heterocycles. The van der Waals surface area contributed by atoms with Crippen LogP contribution in [-0.4, -0.2) is 22.3 Å². The molecule has 0 atom stereocenters. The number of hydrogen-bond acceptors (Lipinski definition) is 3. The van der Waals surface area contributed by atoms with Crippen LogP contribution in [-0.2, 0) is 6.54 Å². The molecule has 1 heterocycles. The Kier molecular flexibility index (Phi) is 5.93. The summed E-state index contributed by atoms with van der Waals surface area (Å²) in [5.74, 6) is -0.127. The second-order valence-corrected chi connectivity index (χ2v) is 6.27. The third-order valence-electron chi connectivity index (χ3n) is 3.61. The Morgan fingerprint density at radius 3 is 2.41 bits per heavy atom. The van der Waals surface area contributed by atoms with Crippen molar-refractivity contribution in [3.8, 4) is 5.75 Å². The number of halogens is 4. The van der Waals surface area contributed by atoms with Crippen LogP contribution in [0.15, 0.2) is 54.7 Å². The summed E-state index contributed by atoms with van der Waals surface area (Å²) >= 11 is 12.3. The highest BCUT2D eigenvalue weighted by Gasteiger charge is 2.11. The van der Waals surface area contributed by atoms with Crippen molar-refractivity contribution in [2.75, 3.05) is 5.32 Å². The fourth-order valence-electron chi connectivity index (χ4n) is 2.34. The van der Waals surface area contributed by atoms with Crippen LogP contribution in [0.1, 0.15) is 15.9 Å². The molecule has 0 aliphatic rings. The standard InChI is InChI=1S/C18H13Cl2F2N3O2/c19-14-2-1-3-15(20)13(14)10-25-9-8-16(24-25)23-17(26)11-4-6-12(7-5-11)27-18(21)22/h1-9,18H,10H2,(H,23,24,26). The van der Waals surface area contributed by atoms with Crippen LogP contribution in [0.25, 0.3) is 0 Å². The van der Waals surface area contributed by atoms with Crippen LogP contribution in [0.4, 0.5) is 14.6 Å². The summed E-state index contributed by atoms with van der Waals surface area (Å²) in [5.41, 5.74) is 0.997. The largest absolute Gasteiger partial charge is 0.435 e. The van der Waals surface area contributed by atoms with Crippen molar-refractivity contribution >= 4 is 34.9 Å². The van der Waals surface area contributed by atoms with E-state index in [9.17, 15) is 13.6 Å². The number of nitrogens with one attached hydrogen (secondary N) is 1. The van der Waals surface area contributed by atoms with Gasteiger partial charge in [0.15, 0.2) is 5.82 Å². The number of anilines is 1. The maximum atomic E-state index is 12.2. The van der Waals surface area contributed by atoms with Gasteiger partial charge >= 0.3 is 6.61 Å². The van der Waals surface area contributed by atoms with Crippen LogP contribution in [0.3, 0.4) is 0 Å². The normalized spacial score (nSPS) is 10.9. The van der Waals surface area contributed by atoms with E-state index in [1.54, 1.807) is 35.1 Å². The molecule has 0 radical (unpaired) electrons. The molecule has 0 saturated carbocycles. The lowest BCUT2D eigenvalue weighted by Crippen LogP contribution is -2.13. The number of carbonyl (C=O) groups is 1. The number of rotatable bonds is 6. The van der Waals surface area contributed by atoms with E-state index in [0.29, 0.717) is 22.4 Å². The molecule has 0 fully saturated rings. The smallest absolute Gasteiger partial charge is 0.387 e. The lowest BCUT2D eigenvalue weighted by Gasteiger charge is -2.07. The molecule has 1 N–H and O–H groups in total. The summed E-state index contributed by atoms with van der Waals surface area (Å²) in [7, 11) is 0. The predicted molar refractivity (Wildman–Crippen MR) is 98.8 cm³/mol. The van der Waals surface area contributed by atoms with Gasteiger partial charge in [0.1, 0.15) is 5.75 Å². The van der Waals surface area contributed by atoms with Crippen LogP contribution < -0.4 is 10.1 Å². The molecule has 2 aromatic carbocycles. The first-order chi connectivity index (χ1) is 12.9. The molecule has 9 heteroatoms. The minimum atomic E-state index is -2.92. The second-order valence-electron chi connectivity index (χ2n) is 5.46. The number of alkyl halides is 2. The number of aromatic nitrogens is 2. The molecule has 5 nitrogen and oxygen atoms in total. The molecule has 0 unspecified atom stereocenters. The number of hydrogen-bond donors (Lipinski definition) is 1. The van der Waals surface area contributed by atoms with Crippen LogP contribution in [0.2, 0.25) is 10.0 Å². The SMILES string of the molecule is O=C(Nc1ccn(Cc2c(Cl)cccc2Cl)n1)c1ccc(OC(F)F)cc1. The highest BCUT2D eigenvalue weighted by atomic mass is 35.5. The fraction of sp³-hybridized carbons (Fsp3) is 0.111. The second kappa shape index (κ2) is 8.37. The maximum Gasteiger partial charge on any atom is 0.387 e. The van der Waals surface area contributed by atoms with E-state index in [1.807, 2.05) is 0 Å². The van der Waals surface area contributed by atoms with E-state index in [4.69, 9.17) is 23.2 Å². The number of ether oxygens (including phenoxy) is 1. The minimum absolute atomic E-state index is 0.0255. The third kappa shape index (κ3) is 4.96. The molecular weight excluding hydrogens is 399 g/mol. The summed E-state index contributed by atoms with van der Waals surface area (Å²) in [6.07, 6.45) is 1.68. The Hall–Kier alpha value is -2.64. The molecule has 27 heavy (non-hydrogen) atoms. The maximum absolute atomic E-state index is 12.2. The molecule has 0 spiro atoms. The number of carbonyl (C=O) groups excluding carboxylic acids is 1. The van der Waals surface area contributed by atoms with Gasteiger partial charge in [0, 0.05) is 33.4 Å². The van der Waals surface area contributed by atoms with Gasteiger partial charge in [-0.3, -0.25) is 9.48 Å². The summed E-state index contributed by atoms with van der Waals surface area (Å²) < 4.78 is 30.1. The zero-order valence-corrected chi connectivity index (χ0v) is 15.2. The average molecular weight is 412 g/mol. The van der Waals surface area contributed by atoms with Gasteiger partial charge in [0.05, 0.1) is 6.54 Å². The van der Waals surface area contributed by atoms with Crippen molar-refractivity contribution in [1.29, 1.82) is 0 Å². The van der Waals surface area contributed by atoms with Crippen LogP contribution in [0.5, 0.6) is 5.75 Å². The van der Waals surface area contributed by atoms with Crippen molar-refractivity contribution in [3.63, 3.8) is 0 Å². The summed E-state index contributed by atoms with van der Waals surface area (Å²) in [6, 6.07) is 12.2. The number of nitrogens with zero attached hydrogens (tertiary/aromatic N) is 2. The lowest BCUT2D eigenvalue weighted by atomic mass is 10.2. The average Bonchev–Trinajstić information content (AvgIpc) is 3.05. The van der Waals surface area contributed by atoms with E-state index in [0.717, 1.165) is 5.56 Å². The molecule has 0 saturated heterocycles. The first kappa shape index (κ1) is 19.1. The summed E-state index contributed by atoms with van der Waals surface area (Å²) in [5, 5.41) is 7.93. The fourth-order valence-corrected chi connectivity index (χ4v) is 2.86. The highest BCUT2D eigenvalue weighted by Crippen LogP contribution is 2.25. The van der Waals surface area contributed by atoms with E-state index >= 15 is 0 Å². The molecule has 1 aromatic heterocycles. The first-order valence-corrected chi connectivity index (χ1v) is 8.50. The number of benzene rings is 2. The van der Waals surface area contributed by atoms with Crippen molar-refractivity contribution in [2.45, 2.75) is 13.2 Å². The number of amides is 1. The molecule has 1 amide bonds. The van der Waals surface area contributed by atoms with Crippen LogP contribution >= 0.6 is 23.2 Å². The van der Waals surface area contributed by atoms with Crippen molar-refractivity contribution in [2.24, 2.45) is 0 Å². The Morgan fingerprint density at radius 2 is 1.78 bits per heavy atom. The Labute approximate surface area is 163 Å². The predicted octanol–water partition coefficient (Wildman–Crippen LogP) is 5.09. The minimum Gasteiger partial charge on any atom is -0.435 e. The molecule has 3 rings (SSSR count). The van der Waals surface area contributed by atoms with E-state index in [2.05, 4.69) is 15.2 Å².